The van der Waals surface area contributed by atoms with Crippen molar-refractivity contribution in [1.29, 1.82) is 0 Å². The zero-order chi connectivity index (χ0) is 13.8. The van der Waals surface area contributed by atoms with Crippen LogP contribution < -0.4 is 10.6 Å². The minimum Gasteiger partial charge on any atom is -0.352 e. The van der Waals surface area contributed by atoms with Gasteiger partial charge < -0.3 is 10.6 Å². The molecule has 2 aromatic rings. The second-order valence-electron chi connectivity index (χ2n) is 5.43. The van der Waals surface area contributed by atoms with Crippen molar-refractivity contribution in [2.24, 2.45) is 0 Å². The maximum Gasteiger partial charge on any atom is 0.224 e. The first kappa shape index (κ1) is 15.8. The second-order valence-corrected chi connectivity index (χ2v) is 5.43. The van der Waals surface area contributed by atoms with Gasteiger partial charge in [-0.15, -0.1) is 12.4 Å². The monoisotopic (exact) mass is 304 g/mol. The van der Waals surface area contributed by atoms with Gasteiger partial charge in [0.15, 0.2) is 0 Å². The average Bonchev–Trinajstić information content (AvgIpc) is 2.48. The van der Waals surface area contributed by atoms with Crippen LogP contribution in [0.2, 0.25) is 0 Å². The van der Waals surface area contributed by atoms with Crippen molar-refractivity contribution in [1.82, 2.24) is 10.6 Å². The molecule has 0 bridgehead atoms. The molecule has 1 saturated heterocycles. The van der Waals surface area contributed by atoms with E-state index in [0.29, 0.717) is 6.42 Å². The number of fused-ring (bicyclic) bond motifs is 1. The van der Waals surface area contributed by atoms with Crippen LogP contribution in [-0.2, 0) is 11.2 Å². The molecule has 3 nitrogen and oxygen atoms in total. The Labute approximate surface area is 131 Å². The average molecular weight is 305 g/mol. The number of halogens is 1. The van der Waals surface area contributed by atoms with Crippen LogP contribution >= 0.6 is 12.4 Å². The van der Waals surface area contributed by atoms with Crippen LogP contribution in [0.3, 0.4) is 0 Å². The van der Waals surface area contributed by atoms with Crippen molar-refractivity contribution >= 4 is 29.1 Å². The fourth-order valence-electron chi connectivity index (χ4n) is 2.87. The summed E-state index contributed by atoms with van der Waals surface area (Å²) in [7, 11) is 0. The zero-order valence-electron chi connectivity index (χ0n) is 12.0. The van der Waals surface area contributed by atoms with Gasteiger partial charge in [0.2, 0.25) is 5.91 Å². The van der Waals surface area contributed by atoms with Crippen molar-refractivity contribution in [3.8, 4) is 0 Å². The fourth-order valence-corrected chi connectivity index (χ4v) is 2.87. The van der Waals surface area contributed by atoms with Gasteiger partial charge in [-0.2, -0.15) is 0 Å². The van der Waals surface area contributed by atoms with Gasteiger partial charge in [0, 0.05) is 12.6 Å². The molecular formula is C17H21ClN2O. The lowest BCUT2D eigenvalue weighted by atomic mass is 10.0. The van der Waals surface area contributed by atoms with Gasteiger partial charge in [-0.05, 0) is 35.7 Å². The Morgan fingerprint density at radius 2 is 2.00 bits per heavy atom. The summed E-state index contributed by atoms with van der Waals surface area (Å²) in [6.45, 7) is 1.96. The Morgan fingerprint density at radius 3 is 2.81 bits per heavy atom. The molecule has 1 aliphatic rings. The lowest BCUT2D eigenvalue weighted by Crippen LogP contribution is -2.46. The summed E-state index contributed by atoms with van der Waals surface area (Å²) in [6, 6.07) is 14.7. The summed E-state index contributed by atoms with van der Waals surface area (Å²) in [4.78, 5) is 12.2. The van der Waals surface area contributed by atoms with Gasteiger partial charge in [-0.1, -0.05) is 42.5 Å². The van der Waals surface area contributed by atoms with E-state index in [4.69, 9.17) is 0 Å². The minimum atomic E-state index is 0. The predicted molar refractivity (Wildman–Crippen MR) is 88.9 cm³/mol. The van der Waals surface area contributed by atoms with Crippen molar-refractivity contribution in [2.75, 3.05) is 13.1 Å². The summed E-state index contributed by atoms with van der Waals surface area (Å²) in [6.07, 6.45) is 2.67. The quantitative estimate of drug-likeness (QED) is 0.915. The lowest BCUT2D eigenvalue weighted by molar-refractivity contribution is -0.121. The van der Waals surface area contributed by atoms with E-state index in [9.17, 15) is 4.79 Å². The minimum absolute atomic E-state index is 0. The molecule has 0 spiro atoms. The van der Waals surface area contributed by atoms with E-state index in [-0.39, 0.29) is 24.4 Å². The number of piperidine rings is 1. The first-order chi connectivity index (χ1) is 9.83. The SMILES string of the molecule is Cl.O=C(Cc1cccc2ccccc12)N[C@@H]1CCCNC1. The molecule has 0 aliphatic carbocycles. The van der Waals surface area contributed by atoms with Gasteiger partial charge >= 0.3 is 0 Å². The van der Waals surface area contributed by atoms with Gasteiger partial charge in [0.1, 0.15) is 0 Å². The van der Waals surface area contributed by atoms with E-state index in [1.165, 1.54) is 10.8 Å². The summed E-state index contributed by atoms with van der Waals surface area (Å²) in [5.74, 6) is 0.120. The highest BCUT2D eigenvalue weighted by molar-refractivity contribution is 5.90. The predicted octanol–water partition coefficient (Wildman–Crippen LogP) is 2.67. The third-order valence-corrected chi connectivity index (χ3v) is 3.89. The van der Waals surface area contributed by atoms with Crippen LogP contribution in [0, 0.1) is 0 Å². The summed E-state index contributed by atoms with van der Waals surface area (Å²) in [5.41, 5.74) is 1.10. The normalized spacial score (nSPS) is 18.0. The highest BCUT2D eigenvalue weighted by Gasteiger charge is 2.15. The van der Waals surface area contributed by atoms with E-state index in [1.807, 2.05) is 24.3 Å². The number of carbonyl (C=O) groups excluding carboxylic acids is 1. The molecule has 1 fully saturated rings. The number of rotatable bonds is 3. The number of nitrogens with one attached hydrogen (secondary N) is 2. The highest BCUT2D eigenvalue weighted by Crippen LogP contribution is 2.18. The number of benzene rings is 2. The van der Waals surface area contributed by atoms with Crippen molar-refractivity contribution < 1.29 is 4.79 Å². The molecule has 1 amide bonds. The first-order valence-electron chi connectivity index (χ1n) is 7.29. The van der Waals surface area contributed by atoms with Crippen LogP contribution in [0.5, 0.6) is 0 Å². The Balaban J connectivity index is 0.00000161. The van der Waals surface area contributed by atoms with E-state index in [2.05, 4.69) is 28.8 Å². The van der Waals surface area contributed by atoms with E-state index < -0.39 is 0 Å². The highest BCUT2D eigenvalue weighted by atomic mass is 35.5. The standard InChI is InChI=1S/C17H20N2O.ClH/c20-17(19-15-8-4-10-18-12-15)11-14-7-3-6-13-5-1-2-9-16(13)14;/h1-3,5-7,9,15,18H,4,8,10-12H2,(H,19,20);1H/t15-;/m1./s1. The molecule has 1 heterocycles. The van der Waals surface area contributed by atoms with E-state index in [0.717, 1.165) is 31.5 Å². The number of amides is 1. The van der Waals surface area contributed by atoms with Gasteiger partial charge in [-0.25, -0.2) is 0 Å². The van der Waals surface area contributed by atoms with Gasteiger partial charge in [0.25, 0.3) is 0 Å². The third-order valence-electron chi connectivity index (χ3n) is 3.89. The van der Waals surface area contributed by atoms with Crippen LogP contribution in [-0.4, -0.2) is 25.0 Å². The van der Waals surface area contributed by atoms with Crippen molar-refractivity contribution in [3.63, 3.8) is 0 Å². The Kier molecular flexibility index (Phi) is 5.59. The third kappa shape index (κ3) is 3.96. The van der Waals surface area contributed by atoms with Crippen molar-refractivity contribution in [3.05, 3.63) is 48.0 Å². The fraction of sp³-hybridized carbons (Fsp3) is 0.353. The number of hydrogen-bond acceptors (Lipinski definition) is 2. The van der Waals surface area contributed by atoms with Crippen LogP contribution in [0.4, 0.5) is 0 Å². The Morgan fingerprint density at radius 1 is 1.19 bits per heavy atom. The Hall–Kier alpha value is -1.58. The molecule has 0 unspecified atom stereocenters. The zero-order valence-corrected chi connectivity index (χ0v) is 12.8. The molecule has 21 heavy (non-hydrogen) atoms. The first-order valence-corrected chi connectivity index (χ1v) is 7.29. The second kappa shape index (κ2) is 7.43. The maximum absolute atomic E-state index is 12.2. The maximum atomic E-state index is 12.2. The van der Waals surface area contributed by atoms with Crippen LogP contribution in [0.15, 0.2) is 42.5 Å². The number of carbonyl (C=O) groups is 1. The largest absolute Gasteiger partial charge is 0.352 e. The molecule has 4 heteroatoms. The molecule has 0 radical (unpaired) electrons. The van der Waals surface area contributed by atoms with Gasteiger partial charge in [-0.3, -0.25) is 4.79 Å². The number of hydrogen-bond donors (Lipinski definition) is 2. The van der Waals surface area contributed by atoms with Gasteiger partial charge in [0.05, 0.1) is 6.42 Å². The van der Waals surface area contributed by atoms with Crippen LogP contribution in [0.1, 0.15) is 18.4 Å². The molecule has 3 rings (SSSR count). The van der Waals surface area contributed by atoms with E-state index in [1.54, 1.807) is 0 Å². The molecule has 2 aromatic carbocycles. The molecule has 112 valence electrons. The lowest BCUT2D eigenvalue weighted by Gasteiger charge is -2.23. The summed E-state index contributed by atoms with van der Waals surface area (Å²) >= 11 is 0. The van der Waals surface area contributed by atoms with Crippen molar-refractivity contribution in [2.45, 2.75) is 25.3 Å². The molecule has 1 atom stereocenters. The smallest absolute Gasteiger partial charge is 0.224 e. The summed E-state index contributed by atoms with van der Waals surface area (Å²) in [5, 5.41) is 8.81. The topological polar surface area (TPSA) is 41.1 Å². The molecular weight excluding hydrogens is 284 g/mol. The molecule has 2 N–H and O–H groups in total. The molecule has 0 saturated carbocycles. The molecule has 0 aromatic heterocycles. The Bertz CT molecular complexity index is 603. The van der Waals surface area contributed by atoms with Crippen LogP contribution in [0.25, 0.3) is 10.8 Å². The summed E-state index contributed by atoms with van der Waals surface area (Å²) < 4.78 is 0. The van der Waals surface area contributed by atoms with E-state index >= 15 is 0 Å². The molecule has 1 aliphatic heterocycles.